The fourth-order valence-electron chi connectivity index (χ4n) is 1.53. The Kier molecular flexibility index (Phi) is 3.37. The smallest absolute Gasteiger partial charge is 0.223 e. The third-order valence-electron chi connectivity index (χ3n) is 2.43. The van der Waals surface area contributed by atoms with Crippen LogP contribution in [0.5, 0.6) is 0 Å². The SMILES string of the molecule is Cc1cc(C(C)C)nc(NCc2ncc[nH]2)n1. The lowest BCUT2D eigenvalue weighted by Crippen LogP contribution is -2.07. The van der Waals surface area contributed by atoms with Gasteiger partial charge in [0.05, 0.1) is 6.54 Å². The number of imidazole rings is 1. The quantitative estimate of drug-likeness (QED) is 0.847. The molecule has 0 amide bonds. The Hall–Kier alpha value is -1.91. The first kappa shape index (κ1) is 11.6. The first-order valence-electron chi connectivity index (χ1n) is 5.73. The maximum atomic E-state index is 4.47. The molecule has 2 aromatic rings. The first-order chi connectivity index (χ1) is 8.15. The molecule has 0 unspecified atom stereocenters. The average Bonchev–Trinajstić information content (AvgIpc) is 2.78. The van der Waals surface area contributed by atoms with Crippen molar-refractivity contribution in [1.82, 2.24) is 19.9 Å². The Bertz CT molecular complexity index is 476. The highest BCUT2D eigenvalue weighted by Crippen LogP contribution is 2.14. The van der Waals surface area contributed by atoms with E-state index in [-0.39, 0.29) is 0 Å². The van der Waals surface area contributed by atoms with Crippen molar-refractivity contribution in [2.24, 2.45) is 0 Å². The van der Waals surface area contributed by atoms with E-state index in [4.69, 9.17) is 0 Å². The topological polar surface area (TPSA) is 66.5 Å². The molecule has 0 fully saturated rings. The van der Waals surface area contributed by atoms with Gasteiger partial charge in [-0.1, -0.05) is 13.8 Å². The van der Waals surface area contributed by atoms with Gasteiger partial charge < -0.3 is 10.3 Å². The number of aryl methyl sites for hydroxylation is 1. The van der Waals surface area contributed by atoms with E-state index in [0.717, 1.165) is 17.2 Å². The summed E-state index contributed by atoms with van der Waals surface area (Å²) < 4.78 is 0. The van der Waals surface area contributed by atoms with Gasteiger partial charge in [-0.25, -0.2) is 15.0 Å². The number of aromatic amines is 1. The Balaban J connectivity index is 2.10. The standard InChI is InChI=1S/C12H17N5/c1-8(2)10-6-9(3)16-12(17-10)15-7-11-13-4-5-14-11/h4-6,8H,7H2,1-3H3,(H,13,14)(H,15,16,17). The summed E-state index contributed by atoms with van der Waals surface area (Å²) in [5, 5.41) is 3.17. The van der Waals surface area contributed by atoms with E-state index in [9.17, 15) is 0 Å². The lowest BCUT2D eigenvalue weighted by Gasteiger charge is -2.09. The second-order valence-corrected chi connectivity index (χ2v) is 4.30. The van der Waals surface area contributed by atoms with Crippen LogP contribution in [-0.4, -0.2) is 19.9 Å². The highest BCUT2D eigenvalue weighted by atomic mass is 15.1. The maximum absolute atomic E-state index is 4.47. The molecule has 2 heterocycles. The summed E-state index contributed by atoms with van der Waals surface area (Å²) in [7, 11) is 0. The number of anilines is 1. The number of hydrogen-bond acceptors (Lipinski definition) is 4. The third-order valence-corrected chi connectivity index (χ3v) is 2.43. The van der Waals surface area contributed by atoms with Crippen molar-refractivity contribution < 1.29 is 0 Å². The van der Waals surface area contributed by atoms with Crippen LogP contribution >= 0.6 is 0 Å². The summed E-state index contributed by atoms with van der Waals surface area (Å²) in [5.74, 6) is 1.94. The molecular weight excluding hydrogens is 214 g/mol. The molecule has 0 aliphatic rings. The van der Waals surface area contributed by atoms with Crippen LogP contribution in [0.15, 0.2) is 18.5 Å². The van der Waals surface area contributed by atoms with Gasteiger partial charge in [0.2, 0.25) is 5.95 Å². The van der Waals surface area contributed by atoms with Gasteiger partial charge in [0.15, 0.2) is 0 Å². The second-order valence-electron chi connectivity index (χ2n) is 4.30. The number of aromatic nitrogens is 4. The van der Waals surface area contributed by atoms with E-state index < -0.39 is 0 Å². The minimum Gasteiger partial charge on any atom is -0.347 e. The van der Waals surface area contributed by atoms with Gasteiger partial charge in [0, 0.05) is 23.8 Å². The number of H-pyrrole nitrogens is 1. The predicted octanol–water partition coefficient (Wildman–Crippen LogP) is 2.24. The molecule has 0 saturated carbocycles. The van der Waals surface area contributed by atoms with E-state index in [1.807, 2.05) is 13.0 Å². The number of nitrogens with one attached hydrogen (secondary N) is 2. The first-order valence-corrected chi connectivity index (χ1v) is 5.73. The molecule has 0 radical (unpaired) electrons. The molecule has 5 heteroatoms. The van der Waals surface area contributed by atoms with Crippen LogP contribution in [0.25, 0.3) is 0 Å². The lowest BCUT2D eigenvalue weighted by atomic mass is 10.1. The molecular formula is C12H17N5. The molecule has 17 heavy (non-hydrogen) atoms. The van der Waals surface area contributed by atoms with Gasteiger partial charge in [-0.15, -0.1) is 0 Å². The molecule has 2 N–H and O–H groups in total. The van der Waals surface area contributed by atoms with Crippen molar-refractivity contribution in [3.63, 3.8) is 0 Å². The largest absolute Gasteiger partial charge is 0.347 e. The molecule has 0 aromatic carbocycles. The van der Waals surface area contributed by atoms with Crippen molar-refractivity contribution in [3.05, 3.63) is 35.7 Å². The monoisotopic (exact) mass is 231 g/mol. The molecule has 0 spiro atoms. The van der Waals surface area contributed by atoms with Crippen LogP contribution in [0.4, 0.5) is 5.95 Å². The van der Waals surface area contributed by atoms with Gasteiger partial charge in [-0.05, 0) is 18.9 Å². The summed E-state index contributed by atoms with van der Waals surface area (Å²) >= 11 is 0. The van der Waals surface area contributed by atoms with Crippen LogP contribution < -0.4 is 5.32 Å². The summed E-state index contributed by atoms with van der Waals surface area (Å²) in [6, 6.07) is 2.02. The minimum absolute atomic E-state index is 0.404. The van der Waals surface area contributed by atoms with Crippen LogP contribution in [0.1, 0.15) is 37.0 Å². The molecule has 2 aromatic heterocycles. The van der Waals surface area contributed by atoms with Crippen molar-refractivity contribution in [1.29, 1.82) is 0 Å². The van der Waals surface area contributed by atoms with Crippen molar-refractivity contribution in [2.75, 3.05) is 5.32 Å². The third kappa shape index (κ3) is 3.03. The molecule has 2 rings (SSSR count). The highest BCUT2D eigenvalue weighted by molar-refractivity contribution is 5.29. The van der Waals surface area contributed by atoms with Gasteiger partial charge in [0.1, 0.15) is 5.82 Å². The summed E-state index contributed by atoms with van der Waals surface area (Å²) in [5.41, 5.74) is 2.03. The fourth-order valence-corrected chi connectivity index (χ4v) is 1.53. The van der Waals surface area contributed by atoms with Gasteiger partial charge >= 0.3 is 0 Å². The van der Waals surface area contributed by atoms with Gasteiger partial charge in [0.25, 0.3) is 0 Å². The fraction of sp³-hybridized carbons (Fsp3) is 0.417. The summed E-state index contributed by atoms with van der Waals surface area (Å²) in [4.78, 5) is 16.0. The molecule has 0 bridgehead atoms. The Morgan fingerprint density at radius 1 is 1.35 bits per heavy atom. The molecule has 90 valence electrons. The zero-order valence-corrected chi connectivity index (χ0v) is 10.4. The summed E-state index contributed by atoms with van der Waals surface area (Å²) in [6.45, 7) is 6.83. The van der Waals surface area contributed by atoms with E-state index in [1.54, 1.807) is 12.4 Å². The molecule has 0 aliphatic heterocycles. The molecule has 5 nitrogen and oxygen atoms in total. The highest BCUT2D eigenvalue weighted by Gasteiger charge is 2.05. The second kappa shape index (κ2) is 4.95. The number of hydrogen-bond donors (Lipinski definition) is 2. The van der Waals surface area contributed by atoms with E-state index in [1.165, 1.54) is 0 Å². The van der Waals surface area contributed by atoms with Crippen LogP contribution in [0.2, 0.25) is 0 Å². The van der Waals surface area contributed by atoms with E-state index in [2.05, 4.69) is 39.1 Å². The van der Waals surface area contributed by atoms with Crippen molar-refractivity contribution >= 4 is 5.95 Å². The minimum atomic E-state index is 0.404. The van der Waals surface area contributed by atoms with Crippen molar-refractivity contribution in [2.45, 2.75) is 33.2 Å². The van der Waals surface area contributed by atoms with Crippen molar-refractivity contribution in [3.8, 4) is 0 Å². The Morgan fingerprint density at radius 3 is 2.82 bits per heavy atom. The normalized spacial score (nSPS) is 10.8. The number of rotatable bonds is 4. The van der Waals surface area contributed by atoms with Crippen LogP contribution in [0, 0.1) is 6.92 Å². The maximum Gasteiger partial charge on any atom is 0.223 e. The predicted molar refractivity (Wildman–Crippen MR) is 66.8 cm³/mol. The van der Waals surface area contributed by atoms with E-state index in [0.29, 0.717) is 18.4 Å². The van der Waals surface area contributed by atoms with Crippen LogP contribution in [0.3, 0.4) is 0 Å². The molecule has 0 atom stereocenters. The molecule has 0 aliphatic carbocycles. The summed E-state index contributed by atoms with van der Waals surface area (Å²) in [6.07, 6.45) is 3.53. The van der Waals surface area contributed by atoms with Gasteiger partial charge in [-0.2, -0.15) is 0 Å². The number of nitrogens with zero attached hydrogens (tertiary/aromatic N) is 3. The van der Waals surface area contributed by atoms with Crippen LogP contribution in [-0.2, 0) is 6.54 Å². The van der Waals surface area contributed by atoms with Gasteiger partial charge in [-0.3, -0.25) is 0 Å². The molecule has 0 saturated heterocycles. The zero-order chi connectivity index (χ0) is 12.3. The zero-order valence-electron chi connectivity index (χ0n) is 10.4. The Labute approximate surface area is 101 Å². The lowest BCUT2D eigenvalue weighted by molar-refractivity contribution is 0.806. The Morgan fingerprint density at radius 2 is 2.18 bits per heavy atom. The van der Waals surface area contributed by atoms with E-state index >= 15 is 0 Å². The average molecular weight is 231 g/mol.